The van der Waals surface area contributed by atoms with Crippen molar-refractivity contribution in [2.45, 2.75) is 32.7 Å². The summed E-state index contributed by atoms with van der Waals surface area (Å²) in [7, 11) is 1.66. The van der Waals surface area contributed by atoms with Crippen molar-refractivity contribution in [1.29, 1.82) is 0 Å². The number of nitrogens with one attached hydrogen (secondary N) is 1. The van der Waals surface area contributed by atoms with E-state index in [4.69, 9.17) is 13.9 Å². The molecule has 0 saturated heterocycles. The van der Waals surface area contributed by atoms with Crippen molar-refractivity contribution in [3.63, 3.8) is 0 Å². The summed E-state index contributed by atoms with van der Waals surface area (Å²) in [6.07, 6.45) is 2.30. The highest BCUT2D eigenvalue weighted by Gasteiger charge is 2.13. The second kappa shape index (κ2) is 8.05. The SMILES string of the molecule is CCCCOCCNC(C)c1cc2cccc(OC)c2o1. The highest BCUT2D eigenvalue weighted by Crippen LogP contribution is 2.30. The molecule has 4 nitrogen and oxygen atoms in total. The van der Waals surface area contributed by atoms with Crippen molar-refractivity contribution in [3.8, 4) is 5.75 Å². The summed E-state index contributed by atoms with van der Waals surface area (Å²) >= 11 is 0. The number of unbranched alkanes of at least 4 members (excludes halogenated alkanes) is 1. The minimum atomic E-state index is 0.150. The molecule has 0 bridgehead atoms. The number of rotatable bonds is 9. The summed E-state index contributed by atoms with van der Waals surface area (Å²) in [6, 6.07) is 8.13. The molecule has 0 fully saturated rings. The average Bonchev–Trinajstić information content (AvgIpc) is 2.94. The molecule has 0 aliphatic carbocycles. The van der Waals surface area contributed by atoms with Crippen LogP contribution in [-0.2, 0) is 4.74 Å². The minimum absolute atomic E-state index is 0.150. The number of para-hydroxylation sites is 1. The van der Waals surface area contributed by atoms with Gasteiger partial charge in [-0.1, -0.05) is 25.5 Å². The molecule has 1 atom stereocenters. The molecule has 2 aromatic rings. The van der Waals surface area contributed by atoms with Gasteiger partial charge >= 0.3 is 0 Å². The molecule has 1 heterocycles. The highest BCUT2D eigenvalue weighted by atomic mass is 16.5. The predicted molar refractivity (Wildman–Crippen MR) is 84.9 cm³/mol. The normalized spacial score (nSPS) is 12.7. The van der Waals surface area contributed by atoms with E-state index in [-0.39, 0.29) is 6.04 Å². The lowest BCUT2D eigenvalue weighted by Gasteiger charge is -2.11. The number of furan rings is 1. The lowest BCUT2D eigenvalue weighted by Crippen LogP contribution is -2.23. The third-order valence-electron chi connectivity index (χ3n) is 3.51. The largest absolute Gasteiger partial charge is 0.493 e. The van der Waals surface area contributed by atoms with Gasteiger partial charge in [0.25, 0.3) is 0 Å². The van der Waals surface area contributed by atoms with Crippen LogP contribution >= 0.6 is 0 Å². The Balaban J connectivity index is 1.89. The van der Waals surface area contributed by atoms with Crippen LogP contribution in [0.15, 0.2) is 28.7 Å². The third kappa shape index (κ3) is 4.22. The fourth-order valence-electron chi connectivity index (χ4n) is 2.23. The third-order valence-corrected chi connectivity index (χ3v) is 3.51. The molecular weight excluding hydrogens is 266 g/mol. The van der Waals surface area contributed by atoms with Crippen molar-refractivity contribution in [2.75, 3.05) is 26.9 Å². The van der Waals surface area contributed by atoms with Gasteiger partial charge in [-0.3, -0.25) is 0 Å². The van der Waals surface area contributed by atoms with E-state index >= 15 is 0 Å². The van der Waals surface area contributed by atoms with Gasteiger partial charge in [-0.15, -0.1) is 0 Å². The van der Waals surface area contributed by atoms with Crippen LogP contribution in [0.25, 0.3) is 11.0 Å². The number of fused-ring (bicyclic) bond motifs is 1. The Morgan fingerprint density at radius 1 is 1.29 bits per heavy atom. The highest BCUT2D eigenvalue weighted by molar-refractivity contribution is 5.83. The second-order valence-corrected chi connectivity index (χ2v) is 5.17. The van der Waals surface area contributed by atoms with Gasteiger partial charge in [0.2, 0.25) is 0 Å². The molecule has 4 heteroatoms. The minimum Gasteiger partial charge on any atom is -0.493 e. The Morgan fingerprint density at radius 3 is 2.90 bits per heavy atom. The average molecular weight is 291 g/mol. The first-order valence-corrected chi connectivity index (χ1v) is 7.63. The molecule has 0 spiro atoms. The first kappa shape index (κ1) is 15.9. The number of benzene rings is 1. The van der Waals surface area contributed by atoms with Crippen molar-refractivity contribution < 1.29 is 13.9 Å². The summed E-state index contributed by atoms with van der Waals surface area (Å²) in [6.45, 7) is 6.65. The second-order valence-electron chi connectivity index (χ2n) is 5.17. The standard InChI is InChI=1S/C17H25NO3/c1-4-5-10-20-11-9-18-13(2)16-12-14-7-6-8-15(19-3)17(14)21-16/h6-8,12-13,18H,4-5,9-11H2,1-3H3. The molecule has 2 rings (SSSR count). The number of methoxy groups -OCH3 is 1. The molecular formula is C17H25NO3. The Bertz CT molecular complexity index is 550. The fourth-order valence-corrected chi connectivity index (χ4v) is 2.23. The molecule has 0 saturated carbocycles. The Morgan fingerprint density at radius 2 is 2.14 bits per heavy atom. The van der Waals surface area contributed by atoms with Crippen LogP contribution in [-0.4, -0.2) is 26.9 Å². The lowest BCUT2D eigenvalue weighted by atomic mass is 10.2. The maximum Gasteiger partial charge on any atom is 0.176 e. The number of hydrogen-bond donors (Lipinski definition) is 1. The Labute approximate surface area is 126 Å². The van der Waals surface area contributed by atoms with Gasteiger partial charge in [0, 0.05) is 18.5 Å². The van der Waals surface area contributed by atoms with E-state index in [0.717, 1.165) is 48.7 Å². The summed E-state index contributed by atoms with van der Waals surface area (Å²) < 4.78 is 16.8. The van der Waals surface area contributed by atoms with Crippen molar-refractivity contribution in [3.05, 3.63) is 30.0 Å². The fraction of sp³-hybridized carbons (Fsp3) is 0.529. The van der Waals surface area contributed by atoms with E-state index in [1.807, 2.05) is 18.2 Å². The van der Waals surface area contributed by atoms with Gasteiger partial charge in [-0.2, -0.15) is 0 Å². The van der Waals surface area contributed by atoms with Crippen LogP contribution < -0.4 is 10.1 Å². The molecule has 116 valence electrons. The van der Waals surface area contributed by atoms with Gasteiger partial charge in [0.05, 0.1) is 19.8 Å². The predicted octanol–water partition coefficient (Wildman–Crippen LogP) is 3.91. The number of hydrogen-bond acceptors (Lipinski definition) is 4. The molecule has 1 unspecified atom stereocenters. The van der Waals surface area contributed by atoms with Crippen LogP contribution in [0, 0.1) is 0 Å². The quantitative estimate of drug-likeness (QED) is 0.711. The van der Waals surface area contributed by atoms with Gasteiger partial charge in [0.15, 0.2) is 11.3 Å². The summed E-state index contributed by atoms with van der Waals surface area (Å²) in [5.74, 6) is 1.69. The maximum atomic E-state index is 5.92. The van der Waals surface area contributed by atoms with Gasteiger partial charge in [0.1, 0.15) is 5.76 Å². The maximum absolute atomic E-state index is 5.92. The van der Waals surface area contributed by atoms with Crippen LogP contribution in [0.5, 0.6) is 5.75 Å². The van der Waals surface area contributed by atoms with Crippen LogP contribution in [0.3, 0.4) is 0 Å². The molecule has 1 N–H and O–H groups in total. The molecule has 0 aliphatic rings. The Kier molecular flexibility index (Phi) is 6.08. The van der Waals surface area contributed by atoms with E-state index < -0.39 is 0 Å². The summed E-state index contributed by atoms with van der Waals surface area (Å²) in [5.41, 5.74) is 0.808. The zero-order chi connectivity index (χ0) is 15.1. The van der Waals surface area contributed by atoms with Crippen molar-refractivity contribution in [2.24, 2.45) is 0 Å². The zero-order valence-corrected chi connectivity index (χ0v) is 13.1. The van der Waals surface area contributed by atoms with Crippen LogP contribution in [0.1, 0.15) is 38.5 Å². The molecule has 0 aliphatic heterocycles. The van der Waals surface area contributed by atoms with E-state index in [2.05, 4.69) is 25.2 Å². The smallest absolute Gasteiger partial charge is 0.176 e. The molecule has 1 aromatic heterocycles. The van der Waals surface area contributed by atoms with E-state index in [0.29, 0.717) is 0 Å². The summed E-state index contributed by atoms with van der Waals surface area (Å²) in [4.78, 5) is 0. The Hall–Kier alpha value is -1.52. The first-order valence-electron chi connectivity index (χ1n) is 7.63. The van der Waals surface area contributed by atoms with E-state index in [1.54, 1.807) is 7.11 Å². The topological polar surface area (TPSA) is 43.6 Å². The molecule has 0 amide bonds. The van der Waals surface area contributed by atoms with Gasteiger partial charge < -0.3 is 19.2 Å². The van der Waals surface area contributed by atoms with Crippen molar-refractivity contribution in [1.82, 2.24) is 5.32 Å². The molecule has 1 aromatic carbocycles. The summed E-state index contributed by atoms with van der Waals surface area (Å²) in [5, 5.41) is 4.48. The number of ether oxygens (including phenoxy) is 2. The van der Waals surface area contributed by atoms with Crippen molar-refractivity contribution >= 4 is 11.0 Å². The monoisotopic (exact) mass is 291 g/mol. The van der Waals surface area contributed by atoms with Crippen LogP contribution in [0.4, 0.5) is 0 Å². The van der Waals surface area contributed by atoms with Gasteiger partial charge in [-0.05, 0) is 25.5 Å². The van der Waals surface area contributed by atoms with Gasteiger partial charge in [-0.25, -0.2) is 0 Å². The van der Waals surface area contributed by atoms with Crippen LogP contribution in [0.2, 0.25) is 0 Å². The molecule has 0 radical (unpaired) electrons. The lowest BCUT2D eigenvalue weighted by molar-refractivity contribution is 0.130. The zero-order valence-electron chi connectivity index (χ0n) is 13.1. The first-order chi connectivity index (χ1) is 10.3. The van der Waals surface area contributed by atoms with E-state index in [1.165, 1.54) is 6.42 Å². The molecule has 21 heavy (non-hydrogen) atoms. The van der Waals surface area contributed by atoms with E-state index in [9.17, 15) is 0 Å².